The number of hydrogen-bond acceptors (Lipinski definition) is 7. The molecule has 2 aromatic carbocycles. The summed E-state index contributed by atoms with van der Waals surface area (Å²) in [5.74, 6) is -0.474. The van der Waals surface area contributed by atoms with Gasteiger partial charge in [0.2, 0.25) is 11.8 Å². The van der Waals surface area contributed by atoms with E-state index in [1.807, 2.05) is 0 Å². The van der Waals surface area contributed by atoms with Crippen LogP contribution in [0.5, 0.6) is 11.5 Å². The Morgan fingerprint density at radius 3 is 2.44 bits per heavy atom. The Balaban J connectivity index is 1.22. The number of carbonyl (C=O) groups excluding carboxylic acids is 3. The number of aromatic nitrogens is 1. The average Bonchev–Trinajstić information content (AvgIpc) is 2.94. The summed E-state index contributed by atoms with van der Waals surface area (Å²) in [6.45, 7) is 4.72. The van der Waals surface area contributed by atoms with Crippen molar-refractivity contribution in [1.82, 2.24) is 15.2 Å². The molecule has 11 nitrogen and oxygen atoms in total. The molecule has 1 aromatic heterocycles. The molecule has 216 valence electrons. The summed E-state index contributed by atoms with van der Waals surface area (Å²) in [5.41, 5.74) is 0.666. The lowest BCUT2D eigenvalue weighted by Gasteiger charge is -2.26. The monoisotopic (exact) mass is 584 g/mol. The molecule has 0 spiro atoms. The van der Waals surface area contributed by atoms with Gasteiger partial charge in [0, 0.05) is 43.7 Å². The minimum Gasteiger partial charge on any atom is -0.457 e. The zero-order valence-electron chi connectivity index (χ0n) is 22.1. The fraction of sp³-hybridized carbons (Fsp3) is 0.286. The van der Waals surface area contributed by atoms with E-state index in [1.54, 1.807) is 18.2 Å². The first kappa shape index (κ1) is 29.7. The highest BCUT2D eigenvalue weighted by atomic mass is 35.5. The number of rotatable bonds is 11. The maximum atomic E-state index is 13.0. The molecule has 0 atom stereocenters. The van der Waals surface area contributed by atoms with Crippen LogP contribution in [0.3, 0.4) is 0 Å². The molecule has 1 saturated heterocycles. The number of carbonyl (C=O) groups is 3. The number of pyridine rings is 1. The molecular formula is C28H30ClFN6O5. The van der Waals surface area contributed by atoms with Crippen LogP contribution in [-0.2, 0) is 14.3 Å². The molecule has 13 heteroatoms. The predicted octanol–water partition coefficient (Wildman–Crippen LogP) is 4.48. The molecule has 1 fully saturated rings. The summed E-state index contributed by atoms with van der Waals surface area (Å²) >= 11 is 6.31. The molecule has 0 saturated carbocycles. The molecular weight excluding hydrogens is 555 g/mol. The SMILES string of the molecule is O=C(CC(=O)Nc1ccc(Oc2ccnc(NC(=O)NCCCN3CCOCC3)c2)cc1Cl)Nc1ccc(F)cc1. The number of morpholine rings is 1. The molecule has 3 aromatic rings. The standard InChI is InChI=1S/C28H30ClFN6O5/c29-23-16-21(6-7-24(23)34-27(38)18-26(37)33-20-4-2-19(30)3-5-20)41-22-8-10-31-25(17-22)35-28(39)32-9-1-11-36-12-14-40-15-13-36/h2-8,10,16-17H,1,9,11-15,18H2,(H,33,37)(H,34,38)(H2,31,32,35,39). The lowest BCUT2D eigenvalue weighted by molar-refractivity contribution is -0.123. The van der Waals surface area contributed by atoms with Crippen LogP contribution < -0.4 is 26.0 Å². The van der Waals surface area contributed by atoms with Crippen molar-refractivity contribution in [3.8, 4) is 11.5 Å². The summed E-state index contributed by atoms with van der Waals surface area (Å²) in [6.07, 6.45) is 1.86. The highest BCUT2D eigenvalue weighted by Crippen LogP contribution is 2.30. The van der Waals surface area contributed by atoms with Gasteiger partial charge < -0.3 is 25.4 Å². The summed E-state index contributed by atoms with van der Waals surface area (Å²) in [5, 5.41) is 10.8. The maximum absolute atomic E-state index is 13.0. The number of nitrogens with one attached hydrogen (secondary N) is 4. The van der Waals surface area contributed by atoms with Crippen molar-refractivity contribution in [3.63, 3.8) is 0 Å². The molecule has 1 aliphatic rings. The van der Waals surface area contributed by atoms with Crippen molar-refractivity contribution in [3.05, 3.63) is 71.6 Å². The highest BCUT2D eigenvalue weighted by molar-refractivity contribution is 6.34. The van der Waals surface area contributed by atoms with E-state index in [0.717, 1.165) is 39.3 Å². The molecule has 0 unspecified atom stereocenters. The zero-order chi connectivity index (χ0) is 29.0. The summed E-state index contributed by atoms with van der Waals surface area (Å²) in [7, 11) is 0. The van der Waals surface area contributed by atoms with Crippen LogP contribution in [-0.4, -0.2) is 67.1 Å². The summed E-state index contributed by atoms with van der Waals surface area (Å²) in [6, 6.07) is 12.6. The Kier molecular flexibility index (Phi) is 10.8. The van der Waals surface area contributed by atoms with E-state index in [0.29, 0.717) is 35.2 Å². The van der Waals surface area contributed by atoms with Crippen molar-refractivity contribution >= 4 is 46.6 Å². The van der Waals surface area contributed by atoms with Crippen LogP contribution in [0.15, 0.2) is 60.8 Å². The van der Waals surface area contributed by atoms with Gasteiger partial charge in [-0.15, -0.1) is 0 Å². The first-order valence-corrected chi connectivity index (χ1v) is 13.4. The van der Waals surface area contributed by atoms with Crippen LogP contribution in [0.2, 0.25) is 5.02 Å². The highest BCUT2D eigenvalue weighted by Gasteiger charge is 2.13. The van der Waals surface area contributed by atoms with Gasteiger partial charge in [0.1, 0.15) is 29.6 Å². The fourth-order valence-electron chi connectivity index (χ4n) is 3.91. The Bertz CT molecular complexity index is 1350. The van der Waals surface area contributed by atoms with E-state index < -0.39 is 24.1 Å². The van der Waals surface area contributed by atoms with Crippen molar-refractivity contribution in [2.45, 2.75) is 12.8 Å². The van der Waals surface area contributed by atoms with Crippen molar-refractivity contribution in [2.75, 3.05) is 55.3 Å². The van der Waals surface area contributed by atoms with Gasteiger partial charge in [-0.05, 0) is 55.4 Å². The quantitative estimate of drug-likeness (QED) is 0.193. The second-order valence-electron chi connectivity index (χ2n) is 9.09. The average molecular weight is 585 g/mol. The van der Waals surface area contributed by atoms with E-state index in [-0.39, 0.29) is 11.1 Å². The third kappa shape index (κ3) is 10.0. The van der Waals surface area contributed by atoms with Crippen LogP contribution in [0.1, 0.15) is 12.8 Å². The van der Waals surface area contributed by atoms with Crippen molar-refractivity contribution in [2.24, 2.45) is 0 Å². The summed E-state index contributed by atoms with van der Waals surface area (Å²) < 4.78 is 24.2. The van der Waals surface area contributed by atoms with Gasteiger partial charge >= 0.3 is 6.03 Å². The van der Waals surface area contributed by atoms with Gasteiger partial charge in [-0.2, -0.15) is 0 Å². The van der Waals surface area contributed by atoms with Gasteiger partial charge in [-0.1, -0.05) is 11.6 Å². The summed E-state index contributed by atoms with van der Waals surface area (Å²) in [4.78, 5) is 43.1. The smallest absolute Gasteiger partial charge is 0.320 e. The number of benzene rings is 2. The second kappa shape index (κ2) is 14.9. The number of nitrogens with zero attached hydrogens (tertiary/aromatic N) is 2. The normalized spacial score (nSPS) is 13.2. The number of hydrogen-bond donors (Lipinski definition) is 4. The lowest BCUT2D eigenvalue weighted by atomic mass is 10.2. The van der Waals surface area contributed by atoms with Gasteiger partial charge in [-0.25, -0.2) is 14.2 Å². The first-order chi connectivity index (χ1) is 19.8. The van der Waals surface area contributed by atoms with E-state index >= 15 is 0 Å². The number of halogens is 2. The fourth-order valence-corrected chi connectivity index (χ4v) is 4.13. The number of anilines is 3. The molecule has 4 amide bonds. The van der Waals surface area contributed by atoms with Gasteiger partial charge in [0.25, 0.3) is 0 Å². The molecule has 0 aliphatic carbocycles. The van der Waals surface area contributed by atoms with Crippen LogP contribution in [0.4, 0.5) is 26.4 Å². The van der Waals surface area contributed by atoms with E-state index in [1.165, 1.54) is 42.6 Å². The Labute approximate surface area is 241 Å². The van der Waals surface area contributed by atoms with Crippen LogP contribution in [0.25, 0.3) is 0 Å². The molecule has 1 aliphatic heterocycles. The number of ether oxygens (including phenoxy) is 2. The topological polar surface area (TPSA) is 134 Å². The van der Waals surface area contributed by atoms with Gasteiger partial charge in [-0.3, -0.25) is 19.8 Å². The predicted molar refractivity (Wildman–Crippen MR) is 153 cm³/mol. The van der Waals surface area contributed by atoms with Crippen molar-refractivity contribution < 1.29 is 28.2 Å². The molecule has 0 bridgehead atoms. The van der Waals surface area contributed by atoms with Gasteiger partial charge in [0.05, 0.1) is 23.9 Å². The van der Waals surface area contributed by atoms with Crippen LogP contribution in [0, 0.1) is 5.82 Å². The Morgan fingerprint density at radius 1 is 0.951 bits per heavy atom. The minimum atomic E-state index is -0.579. The Hall–Kier alpha value is -4.26. The molecule has 2 heterocycles. The van der Waals surface area contributed by atoms with Crippen molar-refractivity contribution in [1.29, 1.82) is 0 Å². The van der Waals surface area contributed by atoms with E-state index in [2.05, 4.69) is 31.2 Å². The van der Waals surface area contributed by atoms with E-state index in [9.17, 15) is 18.8 Å². The zero-order valence-corrected chi connectivity index (χ0v) is 22.9. The van der Waals surface area contributed by atoms with E-state index in [4.69, 9.17) is 21.1 Å². The number of urea groups is 1. The molecule has 4 N–H and O–H groups in total. The second-order valence-corrected chi connectivity index (χ2v) is 9.50. The lowest BCUT2D eigenvalue weighted by Crippen LogP contribution is -2.38. The maximum Gasteiger partial charge on any atom is 0.320 e. The largest absolute Gasteiger partial charge is 0.457 e. The number of amides is 4. The van der Waals surface area contributed by atoms with Gasteiger partial charge in [0.15, 0.2) is 0 Å². The Morgan fingerprint density at radius 2 is 1.68 bits per heavy atom. The first-order valence-electron chi connectivity index (χ1n) is 13.0. The molecule has 4 rings (SSSR count). The third-order valence-electron chi connectivity index (χ3n) is 5.91. The van der Waals surface area contributed by atoms with Crippen LogP contribution >= 0.6 is 11.6 Å². The minimum absolute atomic E-state index is 0.193. The molecule has 41 heavy (non-hydrogen) atoms. The third-order valence-corrected chi connectivity index (χ3v) is 6.23. The molecule has 0 radical (unpaired) electrons.